The molecule has 8 heavy (non-hydrogen) atoms. The van der Waals surface area contributed by atoms with Gasteiger partial charge in [-0.05, 0) is 0 Å². The molecule has 0 fully saturated rings. The van der Waals surface area contributed by atoms with E-state index in [0.717, 1.165) is 0 Å². The smallest absolute Gasteiger partial charge is 0.329 e. The zero-order valence-electron chi connectivity index (χ0n) is 4.59. The first kappa shape index (κ1) is 7.39. The SMILES string of the molecule is COCOCC(=O)O. The van der Waals surface area contributed by atoms with Crippen LogP contribution in [0.5, 0.6) is 0 Å². The maximum absolute atomic E-state index is 9.69. The Bertz CT molecular complexity index is 70.4. The lowest BCUT2D eigenvalue weighted by Crippen LogP contribution is -2.08. The Morgan fingerprint density at radius 2 is 2.38 bits per heavy atom. The molecule has 0 saturated heterocycles. The lowest BCUT2D eigenvalue weighted by atomic mass is 10.8. The molecule has 0 aromatic rings. The fraction of sp³-hybridized carbons (Fsp3) is 0.750. The Hall–Kier alpha value is -0.610. The molecular formula is C4H8O4. The Kier molecular flexibility index (Phi) is 4.20. The summed E-state index contributed by atoms with van der Waals surface area (Å²) in [5, 5.41) is 7.96. The van der Waals surface area contributed by atoms with E-state index in [2.05, 4.69) is 9.47 Å². The van der Waals surface area contributed by atoms with Crippen LogP contribution in [-0.4, -0.2) is 31.6 Å². The minimum atomic E-state index is -0.984. The lowest BCUT2D eigenvalue weighted by Gasteiger charge is -1.95. The Labute approximate surface area is 47.0 Å². The van der Waals surface area contributed by atoms with Crippen LogP contribution in [0.4, 0.5) is 0 Å². The van der Waals surface area contributed by atoms with E-state index in [1.165, 1.54) is 7.11 Å². The molecule has 48 valence electrons. The number of ether oxygens (including phenoxy) is 2. The van der Waals surface area contributed by atoms with E-state index in [0.29, 0.717) is 0 Å². The molecule has 4 heteroatoms. The van der Waals surface area contributed by atoms with Gasteiger partial charge in [0.2, 0.25) is 0 Å². The van der Waals surface area contributed by atoms with Gasteiger partial charge >= 0.3 is 5.97 Å². The molecule has 0 aliphatic rings. The molecule has 0 spiro atoms. The Morgan fingerprint density at radius 1 is 1.75 bits per heavy atom. The van der Waals surface area contributed by atoms with Gasteiger partial charge in [-0.2, -0.15) is 0 Å². The highest BCUT2D eigenvalue weighted by atomic mass is 16.7. The quantitative estimate of drug-likeness (QED) is 0.408. The summed E-state index contributed by atoms with van der Waals surface area (Å²) in [5.74, 6) is -0.984. The van der Waals surface area contributed by atoms with Gasteiger partial charge in [0.1, 0.15) is 13.4 Å². The van der Waals surface area contributed by atoms with Gasteiger partial charge in [-0.1, -0.05) is 0 Å². The summed E-state index contributed by atoms with van der Waals surface area (Å²) in [6.07, 6.45) is 0. The van der Waals surface area contributed by atoms with Crippen molar-refractivity contribution in [2.45, 2.75) is 0 Å². The van der Waals surface area contributed by atoms with E-state index in [1.807, 2.05) is 0 Å². The average molecular weight is 120 g/mol. The number of hydrogen-bond acceptors (Lipinski definition) is 3. The second-order valence-corrected chi connectivity index (χ2v) is 1.15. The van der Waals surface area contributed by atoms with E-state index < -0.39 is 5.97 Å². The van der Waals surface area contributed by atoms with Crippen LogP contribution in [0.25, 0.3) is 0 Å². The van der Waals surface area contributed by atoms with Crippen LogP contribution in [0.15, 0.2) is 0 Å². The summed E-state index contributed by atoms with van der Waals surface area (Å²) < 4.78 is 8.83. The van der Waals surface area contributed by atoms with Crippen LogP contribution in [0.3, 0.4) is 0 Å². The summed E-state index contributed by atoms with van der Waals surface area (Å²) in [4.78, 5) is 9.69. The maximum Gasteiger partial charge on any atom is 0.329 e. The molecule has 0 aromatic heterocycles. The molecular weight excluding hydrogens is 112 g/mol. The summed E-state index contributed by atoms with van der Waals surface area (Å²) in [5.41, 5.74) is 0. The van der Waals surface area contributed by atoms with Gasteiger partial charge in [0.05, 0.1) is 0 Å². The predicted octanol–water partition coefficient (Wildman–Crippen LogP) is -0.308. The topological polar surface area (TPSA) is 55.8 Å². The van der Waals surface area contributed by atoms with E-state index in [4.69, 9.17) is 5.11 Å². The summed E-state index contributed by atoms with van der Waals surface area (Å²) >= 11 is 0. The predicted molar refractivity (Wildman–Crippen MR) is 25.5 cm³/mol. The van der Waals surface area contributed by atoms with Gasteiger partial charge in [0, 0.05) is 7.11 Å². The van der Waals surface area contributed by atoms with Crippen LogP contribution in [0.1, 0.15) is 0 Å². The molecule has 0 heterocycles. The monoisotopic (exact) mass is 120 g/mol. The summed E-state index contributed by atoms with van der Waals surface area (Å²) in [6, 6.07) is 0. The molecule has 4 nitrogen and oxygen atoms in total. The first-order valence-corrected chi connectivity index (χ1v) is 2.06. The third-order valence-electron chi connectivity index (χ3n) is 0.427. The summed E-state index contributed by atoms with van der Waals surface area (Å²) in [7, 11) is 1.43. The average Bonchev–Trinajstić information content (AvgIpc) is 1.66. The van der Waals surface area contributed by atoms with Crippen molar-refractivity contribution in [2.75, 3.05) is 20.5 Å². The summed E-state index contributed by atoms with van der Waals surface area (Å²) in [6.45, 7) is -0.264. The molecule has 0 atom stereocenters. The molecule has 0 saturated carbocycles. The molecule has 0 radical (unpaired) electrons. The molecule has 0 amide bonds. The molecule has 0 unspecified atom stereocenters. The zero-order chi connectivity index (χ0) is 6.41. The van der Waals surface area contributed by atoms with Gasteiger partial charge < -0.3 is 14.6 Å². The van der Waals surface area contributed by atoms with Crippen molar-refractivity contribution in [3.05, 3.63) is 0 Å². The van der Waals surface area contributed by atoms with Crippen LogP contribution in [0.2, 0.25) is 0 Å². The Balaban J connectivity index is 2.82. The molecule has 0 aromatic carbocycles. The van der Waals surface area contributed by atoms with E-state index >= 15 is 0 Å². The van der Waals surface area contributed by atoms with Crippen LogP contribution >= 0.6 is 0 Å². The van der Waals surface area contributed by atoms with Gasteiger partial charge in [-0.3, -0.25) is 0 Å². The second kappa shape index (κ2) is 4.55. The van der Waals surface area contributed by atoms with Crippen LogP contribution in [-0.2, 0) is 14.3 Å². The number of hydrogen-bond donors (Lipinski definition) is 1. The van der Waals surface area contributed by atoms with Gasteiger partial charge in [-0.25, -0.2) is 4.79 Å². The highest BCUT2D eigenvalue weighted by Crippen LogP contribution is 1.72. The van der Waals surface area contributed by atoms with Gasteiger partial charge in [0.15, 0.2) is 0 Å². The molecule has 0 aliphatic carbocycles. The van der Waals surface area contributed by atoms with Crippen molar-refractivity contribution in [3.63, 3.8) is 0 Å². The standard InChI is InChI=1S/C4H8O4/c1-7-3-8-2-4(5)6/h2-3H2,1H3,(H,5,6). The fourth-order valence-electron chi connectivity index (χ4n) is 0.212. The normalized spacial score (nSPS) is 9.12. The fourth-order valence-corrected chi connectivity index (χ4v) is 0.212. The van der Waals surface area contributed by atoms with Crippen molar-refractivity contribution in [2.24, 2.45) is 0 Å². The highest BCUT2D eigenvalue weighted by molar-refractivity contribution is 5.67. The van der Waals surface area contributed by atoms with Gasteiger partial charge in [-0.15, -0.1) is 0 Å². The number of carboxylic acid groups (broad SMARTS) is 1. The number of carbonyl (C=O) groups is 1. The molecule has 0 bridgehead atoms. The lowest BCUT2D eigenvalue weighted by molar-refractivity contribution is -0.146. The van der Waals surface area contributed by atoms with Crippen LogP contribution < -0.4 is 0 Å². The van der Waals surface area contributed by atoms with Crippen molar-refractivity contribution in [3.8, 4) is 0 Å². The van der Waals surface area contributed by atoms with Crippen molar-refractivity contribution in [1.29, 1.82) is 0 Å². The molecule has 1 N–H and O–H groups in total. The Morgan fingerprint density at radius 3 is 2.75 bits per heavy atom. The van der Waals surface area contributed by atoms with Crippen molar-refractivity contribution < 1.29 is 19.4 Å². The first-order chi connectivity index (χ1) is 3.77. The number of methoxy groups -OCH3 is 1. The van der Waals surface area contributed by atoms with E-state index in [9.17, 15) is 4.79 Å². The second-order valence-electron chi connectivity index (χ2n) is 1.15. The first-order valence-electron chi connectivity index (χ1n) is 2.06. The minimum absolute atomic E-state index is 0.0340. The van der Waals surface area contributed by atoms with Crippen molar-refractivity contribution >= 4 is 5.97 Å². The highest BCUT2D eigenvalue weighted by Gasteiger charge is 1.92. The molecule has 0 rings (SSSR count). The largest absolute Gasteiger partial charge is 0.480 e. The van der Waals surface area contributed by atoms with E-state index in [1.54, 1.807) is 0 Å². The van der Waals surface area contributed by atoms with Crippen molar-refractivity contribution in [1.82, 2.24) is 0 Å². The molecule has 0 aliphatic heterocycles. The number of carboxylic acids is 1. The van der Waals surface area contributed by atoms with Crippen LogP contribution in [0, 0.1) is 0 Å². The van der Waals surface area contributed by atoms with Gasteiger partial charge in [0.25, 0.3) is 0 Å². The maximum atomic E-state index is 9.69. The van der Waals surface area contributed by atoms with E-state index in [-0.39, 0.29) is 13.4 Å². The third kappa shape index (κ3) is 5.39. The number of rotatable bonds is 4. The number of aliphatic carboxylic acids is 1. The zero-order valence-corrected chi connectivity index (χ0v) is 4.59. The third-order valence-corrected chi connectivity index (χ3v) is 0.427. The minimum Gasteiger partial charge on any atom is -0.480 e.